The summed E-state index contributed by atoms with van der Waals surface area (Å²) in [6.45, 7) is 0. The molecule has 38 heavy (non-hydrogen) atoms. The Hall–Kier alpha value is -3.90. The number of hydrogen-bond acceptors (Lipinski definition) is 8. The zero-order chi connectivity index (χ0) is 27.1. The molecule has 5 rings (SSSR count). The highest BCUT2D eigenvalue weighted by atomic mass is 32.1. The van der Waals surface area contributed by atoms with Crippen LogP contribution in [0.2, 0.25) is 0 Å². The number of hydrogen-bond donors (Lipinski definition) is 1. The Kier molecular flexibility index (Phi) is 6.61. The van der Waals surface area contributed by atoms with Gasteiger partial charge in [-0.2, -0.15) is 13.2 Å². The quantitative estimate of drug-likeness (QED) is 0.206. The summed E-state index contributed by atoms with van der Waals surface area (Å²) in [4.78, 5) is 39.7. The molecule has 2 heterocycles. The molecule has 2 aromatic carbocycles. The van der Waals surface area contributed by atoms with E-state index in [-0.39, 0.29) is 23.0 Å². The summed E-state index contributed by atoms with van der Waals surface area (Å²) < 4.78 is 51.4. The van der Waals surface area contributed by atoms with E-state index in [1.54, 1.807) is 0 Å². The molecule has 0 spiro atoms. The Morgan fingerprint density at radius 2 is 1.76 bits per heavy atom. The van der Waals surface area contributed by atoms with Crippen LogP contribution in [0, 0.1) is 5.82 Å². The van der Waals surface area contributed by atoms with Crippen molar-refractivity contribution in [3.63, 3.8) is 0 Å². The molecule has 12 heteroatoms. The van der Waals surface area contributed by atoms with E-state index in [1.807, 2.05) is 30.3 Å². The number of pyridine rings is 1. The number of alkyl halides is 3. The van der Waals surface area contributed by atoms with Gasteiger partial charge in [0.15, 0.2) is 0 Å². The predicted octanol–water partition coefficient (Wildman–Crippen LogP) is 5.01. The van der Waals surface area contributed by atoms with Crippen molar-refractivity contribution in [2.45, 2.75) is 36.9 Å². The largest absolute Gasteiger partial charge is 0.495 e. The maximum absolute atomic E-state index is 15.0. The highest BCUT2D eigenvalue weighted by molar-refractivity contribution is 7.21. The zero-order valence-corrected chi connectivity index (χ0v) is 20.3. The second kappa shape index (κ2) is 9.76. The van der Waals surface area contributed by atoms with Gasteiger partial charge in [-0.05, 0) is 54.7 Å². The molecule has 4 aromatic rings. The molecule has 2 N–H and O–H groups in total. The number of carbonyl (C=O) groups is 2. The van der Waals surface area contributed by atoms with E-state index < -0.39 is 30.0 Å². The van der Waals surface area contributed by atoms with Gasteiger partial charge >= 0.3 is 18.1 Å². The van der Waals surface area contributed by atoms with E-state index in [9.17, 15) is 27.2 Å². The fourth-order valence-corrected chi connectivity index (χ4v) is 5.12. The lowest BCUT2D eigenvalue weighted by molar-refractivity contribution is -0.286. The predicted molar refractivity (Wildman–Crippen MR) is 129 cm³/mol. The van der Waals surface area contributed by atoms with Crippen molar-refractivity contribution in [2.75, 3.05) is 0 Å². The summed E-state index contributed by atoms with van der Waals surface area (Å²) in [5.41, 5.74) is 8.78. The smallest absolute Gasteiger partial charge is 0.318 e. The number of fused-ring (bicyclic) bond motifs is 1. The first-order chi connectivity index (χ1) is 18.1. The van der Waals surface area contributed by atoms with Crippen LogP contribution in [-0.2, 0) is 31.2 Å². The molecule has 0 saturated heterocycles. The average molecular weight is 546 g/mol. The van der Waals surface area contributed by atoms with Crippen molar-refractivity contribution >= 4 is 33.6 Å². The molecular formula is C26H19F4N3O4S. The van der Waals surface area contributed by atoms with Crippen molar-refractivity contribution in [1.29, 1.82) is 0 Å². The third kappa shape index (κ3) is 5.09. The van der Waals surface area contributed by atoms with E-state index in [1.165, 1.54) is 29.0 Å². The van der Waals surface area contributed by atoms with Crippen LogP contribution >= 0.6 is 11.3 Å². The average Bonchev–Trinajstić information content (AvgIpc) is 3.59. The number of rotatable bonds is 6. The van der Waals surface area contributed by atoms with Crippen LogP contribution in [0.5, 0.6) is 0 Å². The molecule has 7 nitrogen and oxygen atoms in total. The van der Waals surface area contributed by atoms with E-state index in [2.05, 4.69) is 26.9 Å². The van der Waals surface area contributed by atoms with Gasteiger partial charge in [0.1, 0.15) is 27.2 Å². The third-order valence-corrected chi connectivity index (χ3v) is 7.27. The SMILES string of the molecule is N[C@@H](Cc1ccc(-c2nc3ccc(C4(c5ccccc5)CC4)nc3s2)c(F)c1)C(=O)OOC(=O)C(F)(F)F. The van der Waals surface area contributed by atoms with Gasteiger partial charge < -0.3 is 5.73 Å². The monoisotopic (exact) mass is 545 g/mol. The summed E-state index contributed by atoms with van der Waals surface area (Å²) in [6, 6.07) is 16.6. The molecule has 0 bridgehead atoms. The van der Waals surface area contributed by atoms with Crippen molar-refractivity contribution in [3.05, 3.63) is 83.3 Å². The van der Waals surface area contributed by atoms with Crippen LogP contribution in [0.3, 0.4) is 0 Å². The number of nitrogens with zero attached hydrogens (tertiary/aromatic N) is 2. The molecule has 1 aliphatic carbocycles. The molecule has 1 aliphatic rings. The number of halogens is 4. The van der Waals surface area contributed by atoms with Gasteiger partial charge in [0.2, 0.25) is 0 Å². The molecule has 0 aliphatic heterocycles. The molecule has 196 valence electrons. The molecule has 0 amide bonds. The minimum atomic E-state index is -5.33. The fourth-order valence-electron chi connectivity index (χ4n) is 4.16. The van der Waals surface area contributed by atoms with E-state index >= 15 is 0 Å². The zero-order valence-electron chi connectivity index (χ0n) is 19.5. The van der Waals surface area contributed by atoms with Gasteiger partial charge in [-0.15, -0.1) is 0 Å². The molecule has 0 unspecified atom stereocenters. The highest BCUT2D eigenvalue weighted by Crippen LogP contribution is 2.53. The first-order valence-corrected chi connectivity index (χ1v) is 12.3. The van der Waals surface area contributed by atoms with Crippen LogP contribution in [-0.4, -0.2) is 34.1 Å². The number of aromatic nitrogens is 2. The Morgan fingerprint density at radius 1 is 1.03 bits per heavy atom. The Bertz CT molecular complexity index is 1520. The lowest BCUT2D eigenvalue weighted by atomic mass is 9.92. The van der Waals surface area contributed by atoms with Crippen LogP contribution in [0.25, 0.3) is 20.9 Å². The standard InChI is InChI=1S/C26H19F4N3O4S/c27-17-12-14(13-18(31)23(34)36-37-24(35)26(28,29)30)6-7-16(17)21-32-19-8-9-20(33-22(19)38-21)25(10-11-25)15-4-2-1-3-5-15/h1-9,12,18H,10-11,13,31H2/t18-/m0/s1. The summed E-state index contributed by atoms with van der Waals surface area (Å²) in [5.74, 6) is -4.74. The highest BCUT2D eigenvalue weighted by Gasteiger charge is 2.47. The lowest BCUT2D eigenvalue weighted by Crippen LogP contribution is -2.36. The second-order valence-corrected chi connectivity index (χ2v) is 9.86. The van der Waals surface area contributed by atoms with Crippen molar-refractivity contribution in [2.24, 2.45) is 5.73 Å². The molecular weight excluding hydrogens is 526 g/mol. The molecule has 0 radical (unpaired) electrons. The van der Waals surface area contributed by atoms with Crippen LogP contribution in [0.4, 0.5) is 17.6 Å². The fraction of sp³-hybridized carbons (Fsp3) is 0.231. The lowest BCUT2D eigenvalue weighted by Gasteiger charge is -2.14. The van der Waals surface area contributed by atoms with Gasteiger partial charge in [0, 0.05) is 11.0 Å². The van der Waals surface area contributed by atoms with E-state index in [0.29, 0.717) is 15.4 Å². The van der Waals surface area contributed by atoms with Crippen LogP contribution in [0.1, 0.15) is 29.7 Å². The first kappa shape index (κ1) is 25.7. The Morgan fingerprint density at radius 3 is 2.42 bits per heavy atom. The maximum Gasteiger partial charge on any atom is 0.495 e. The van der Waals surface area contributed by atoms with Gasteiger partial charge in [-0.3, -0.25) is 0 Å². The summed E-state index contributed by atoms with van der Waals surface area (Å²) in [7, 11) is 0. The van der Waals surface area contributed by atoms with Crippen LogP contribution in [0.15, 0.2) is 60.7 Å². The van der Waals surface area contributed by atoms with Crippen molar-refractivity contribution in [3.8, 4) is 10.6 Å². The van der Waals surface area contributed by atoms with Crippen molar-refractivity contribution in [1.82, 2.24) is 9.97 Å². The normalized spacial score (nSPS) is 15.2. The third-order valence-electron chi connectivity index (χ3n) is 6.28. The topological polar surface area (TPSA) is 104 Å². The number of nitrogens with two attached hydrogens (primary N) is 1. The van der Waals surface area contributed by atoms with E-state index in [4.69, 9.17) is 10.7 Å². The van der Waals surface area contributed by atoms with E-state index in [0.717, 1.165) is 24.6 Å². The van der Waals surface area contributed by atoms with Gasteiger partial charge in [0.05, 0.1) is 5.69 Å². The summed E-state index contributed by atoms with van der Waals surface area (Å²) in [6.07, 6.45) is -3.61. The molecule has 2 aromatic heterocycles. The summed E-state index contributed by atoms with van der Waals surface area (Å²) >= 11 is 1.25. The number of carbonyl (C=O) groups excluding carboxylic acids is 2. The van der Waals surface area contributed by atoms with Gasteiger partial charge in [0.25, 0.3) is 0 Å². The molecule has 1 atom stereocenters. The van der Waals surface area contributed by atoms with Gasteiger partial charge in [-0.1, -0.05) is 47.7 Å². The Labute approximate surface area is 217 Å². The number of thiazole rings is 1. The minimum Gasteiger partial charge on any atom is -0.318 e. The second-order valence-electron chi connectivity index (χ2n) is 8.88. The van der Waals surface area contributed by atoms with Crippen molar-refractivity contribution < 1.29 is 36.9 Å². The van der Waals surface area contributed by atoms with Gasteiger partial charge in [-0.25, -0.2) is 33.7 Å². The Balaban J connectivity index is 1.30. The minimum absolute atomic E-state index is 0.114. The van der Waals surface area contributed by atoms with Crippen LogP contribution < -0.4 is 5.73 Å². The number of benzene rings is 2. The first-order valence-electron chi connectivity index (χ1n) is 11.4. The molecule has 1 saturated carbocycles. The maximum atomic E-state index is 15.0. The molecule has 1 fully saturated rings. The summed E-state index contributed by atoms with van der Waals surface area (Å²) in [5, 5.41) is 0.418.